The summed E-state index contributed by atoms with van der Waals surface area (Å²) in [6, 6.07) is -0.0884. The van der Waals surface area contributed by atoms with Gasteiger partial charge in [-0.05, 0) is 37.6 Å². The van der Waals surface area contributed by atoms with Crippen molar-refractivity contribution in [2.45, 2.75) is 45.6 Å². The minimum absolute atomic E-state index is 0.00615. The van der Waals surface area contributed by atoms with Gasteiger partial charge in [0, 0.05) is 13.0 Å². The first-order chi connectivity index (χ1) is 8.49. The lowest BCUT2D eigenvalue weighted by Gasteiger charge is -2.19. The summed E-state index contributed by atoms with van der Waals surface area (Å²) in [6.07, 6.45) is 2.85. The second-order valence-electron chi connectivity index (χ2n) is 5.49. The molecule has 5 nitrogen and oxygen atoms in total. The van der Waals surface area contributed by atoms with Gasteiger partial charge in [-0.2, -0.15) is 0 Å². The maximum atomic E-state index is 11.8. The predicted molar refractivity (Wildman–Crippen MR) is 69.2 cm³/mol. The number of carboxylic acids is 1. The molecule has 1 amide bonds. The van der Waals surface area contributed by atoms with Gasteiger partial charge in [0.15, 0.2) is 0 Å². The number of hydrogen-bond donors (Lipinski definition) is 3. The van der Waals surface area contributed by atoms with Gasteiger partial charge in [-0.1, -0.05) is 13.8 Å². The van der Waals surface area contributed by atoms with Crippen LogP contribution in [0.15, 0.2) is 0 Å². The molecule has 1 unspecified atom stereocenters. The van der Waals surface area contributed by atoms with Crippen LogP contribution < -0.4 is 10.6 Å². The van der Waals surface area contributed by atoms with Crippen molar-refractivity contribution in [3.63, 3.8) is 0 Å². The minimum atomic E-state index is -0.797. The van der Waals surface area contributed by atoms with Crippen molar-refractivity contribution < 1.29 is 14.7 Å². The molecular formula is C13H24N2O3. The molecule has 0 aromatic heterocycles. The molecule has 0 aliphatic carbocycles. The molecule has 1 saturated heterocycles. The van der Waals surface area contributed by atoms with Gasteiger partial charge in [-0.3, -0.25) is 9.59 Å². The van der Waals surface area contributed by atoms with E-state index in [2.05, 4.69) is 24.5 Å². The van der Waals surface area contributed by atoms with E-state index in [4.69, 9.17) is 5.11 Å². The molecule has 2 atom stereocenters. The molecular weight excluding hydrogens is 232 g/mol. The highest BCUT2D eigenvalue weighted by atomic mass is 16.4. The number of carbonyl (C=O) groups excluding carboxylic acids is 1. The number of hydrogen-bond acceptors (Lipinski definition) is 3. The lowest BCUT2D eigenvalue weighted by Crippen LogP contribution is -2.42. The maximum Gasteiger partial charge on any atom is 0.303 e. The highest BCUT2D eigenvalue weighted by molar-refractivity contribution is 5.82. The van der Waals surface area contributed by atoms with Crippen LogP contribution in [0.25, 0.3) is 0 Å². The molecule has 0 aromatic carbocycles. The molecule has 5 heteroatoms. The van der Waals surface area contributed by atoms with Gasteiger partial charge in [0.05, 0.1) is 6.04 Å². The summed E-state index contributed by atoms with van der Waals surface area (Å²) in [4.78, 5) is 22.6. The number of aliphatic carboxylic acids is 1. The lowest BCUT2D eigenvalue weighted by molar-refractivity contribution is -0.138. The van der Waals surface area contributed by atoms with Crippen molar-refractivity contribution >= 4 is 11.9 Å². The molecule has 0 bridgehead atoms. The summed E-state index contributed by atoms with van der Waals surface area (Å²) in [5.74, 6) is -0.329. The van der Waals surface area contributed by atoms with E-state index >= 15 is 0 Å². The molecule has 0 spiro atoms. The Kier molecular flexibility index (Phi) is 6.12. The van der Waals surface area contributed by atoms with Crippen molar-refractivity contribution in [2.24, 2.45) is 11.8 Å². The molecule has 1 fully saturated rings. The number of carboxylic acid groups (broad SMARTS) is 1. The zero-order valence-electron chi connectivity index (χ0n) is 11.2. The fourth-order valence-corrected chi connectivity index (χ4v) is 2.43. The molecule has 3 N–H and O–H groups in total. The zero-order valence-corrected chi connectivity index (χ0v) is 11.2. The van der Waals surface area contributed by atoms with Crippen LogP contribution in [-0.4, -0.2) is 36.1 Å². The predicted octanol–water partition coefficient (Wildman–Crippen LogP) is 0.992. The van der Waals surface area contributed by atoms with Crippen LogP contribution in [0.4, 0.5) is 0 Å². The smallest absolute Gasteiger partial charge is 0.303 e. The molecule has 1 aliphatic rings. The van der Waals surface area contributed by atoms with Crippen molar-refractivity contribution in [2.75, 3.05) is 13.1 Å². The summed E-state index contributed by atoms with van der Waals surface area (Å²) in [6.45, 7) is 5.48. The Morgan fingerprint density at radius 1 is 1.44 bits per heavy atom. The molecule has 1 rings (SSSR count). The second-order valence-corrected chi connectivity index (χ2v) is 5.49. The monoisotopic (exact) mass is 256 g/mol. The maximum absolute atomic E-state index is 11.8. The molecule has 0 saturated carbocycles. The van der Waals surface area contributed by atoms with Crippen LogP contribution in [-0.2, 0) is 9.59 Å². The first-order valence-corrected chi connectivity index (χ1v) is 6.72. The fraction of sp³-hybridized carbons (Fsp3) is 0.846. The topological polar surface area (TPSA) is 78.4 Å². The van der Waals surface area contributed by atoms with Crippen molar-refractivity contribution in [3.8, 4) is 0 Å². The molecule has 0 radical (unpaired) electrons. The van der Waals surface area contributed by atoms with E-state index in [0.717, 1.165) is 25.8 Å². The van der Waals surface area contributed by atoms with E-state index in [0.29, 0.717) is 12.5 Å². The van der Waals surface area contributed by atoms with Gasteiger partial charge in [0.25, 0.3) is 0 Å². The number of carbonyl (C=O) groups is 2. The van der Waals surface area contributed by atoms with Crippen LogP contribution in [0.2, 0.25) is 0 Å². The minimum Gasteiger partial charge on any atom is -0.481 e. The molecule has 1 heterocycles. The van der Waals surface area contributed by atoms with E-state index in [1.54, 1.807) is 0 Å². The summed E-state index contributed by atoms with van der Waals surface area (Å²) >= 11 is 0. The normalized spacial score (nSPS) is 20.9. The third-order valence-corrected chi connectivity index (χ3v) is 3.21. The molecule has 1 aliphatic heterocycles. The molecule has 104 valence electrons. The largest absolute Gasteiger partial charge is 0.481 e. The van der Waals surface area contributed by atoms with Crippen LogP contribution >= 0.6 is 0 Å². The quantitative estimate of drug-likeness (QED) is 0.635. The van der Waals surface area contributed by atoms with Crippen molar-refractivity contribution in [3.05, 3.63) is 0 Å². The first-order valence-electron chi connectivity index (χ1n) is 6.72. The Hall–Kier alpha value is -1.10. The van der Waals surface area contributed by atoms with Crippen molar-refractivity contribution in [1.82, 2.24) is 10.6 Å². The van der Waals surface area contributed by atoms with E-state index in [1.807, 2.05) is 0 Å². The Balaban J connectivity index is 2.35. The first kappa shape index (κ1) is 15.0. The second kappa shape index (κ2) is 7.36. The van der Waals surface area contributed by atoms with Crippen LogP contribution in [0, 0.1) is 11.8 Å². The Morgan fingerprint density at radius 2 is 2.17 bits per heavy atom. The van der Waals surface area contributed by atoms with Crippen LogP contribution in [0.3, 0.4) is 0 Å². The summed E-state index contributed by atoms with van der Waals surface area (Å²) in [5, 5.41) is 14.9. The molecule has 0 aromatic rings. The summed E-state index contributed by atoms with van der Waals surface area (Å²) in [7, 11) is 0. The summed E-state index contributed by atoms with van der Waals surface area (Å²) < 4.78 is 0. The summed E-state index contributed by atoms with van der Waals surface area (Å²) in [5.41, 5.74) is 0. The molecule has 18 heavy (non-hydrogen) atoms. The highest BCUT2D eigenvalue weighted by Crippen LogP contribution is 2.15. The standard InChI is InChI=1S/C13H24N2O3/c1-9(2)6-10(7-12(16)17)8-15-13(18)11-4-3-5-14-11/h9-11,14H,3-8H2,1-2H3,(H,15,18)(H,16,17)/t10?,11-/m1/s1. The average Bonchev–Trinajstić information content (AvgIpc) is 2.77. The number of rotatable bonds is 7. The third kappa shape index (κ3) is 5.49. The van der Waals surface area contributed by atoms with E-state index in [-0.39, 0.29) is 24.3 Å². The Bertz CT molecular complexity index is 286. The van der Waals surface area contributed by atoms with Gasteiger partial charge in [0.1, 0.15) is 0 Å². The number of nitrogens with one attached hydrogen (secondary N) is 2. The Labute approximate surface area is 108 Å². The van der Waals surface area contributed by atoms with Gasteiger partial charge in [-0.25, -0.2) is 0 Å². The SMILES string of the molecule is CC(C)CC(CNC(=O)[C@H]1CCCN1)CC(=O)O. The van der Waals surface area contributed by atoms with Gasteiger partial charge >= 0.3 is 5.97 Å². The van der Waals surface area contributed by atoms with Gasteiger partial charge in [-0.15, -0.1) is 0 Å². The van der Waals surface area contributed by atoms with Crippen molar-refractivity contribution in [1.29, 1.82) is 0 Å². The highest BCUT2D eigenvalue weighted by Gasteiger charge is 2.23. The van der Waals surface area contributed by atoms with E-state index < -0.39 is 5.97 Å². The van der Waals surface area contributed by atoms with Gasteiger partial charge < -0.3 is 15.7 Å². The van der Waals surface area contributed by atoms with E-state index in [9.17, 15) is 9.59 Å². The number of amides is 1. The average molecular weight is 256 g/mol. The van der Waals surface area contributed by atoms with Gasteiger partial charge in [0.2, 0.25) is 5.91 Å². The Morgan fingerprint density at radius 3 is 2.67 bits per heavy atom. The zero-order chi connectivity index (χ0) is 13.5. The fourth-order valence-electron chi connectivity index (χ4n) is 2.43. The third-order valence-electron chi connectivity index (χ3n) is 3.21. The van der Waals surface area contributed by atoms with E-state index in [1.165, 1.54) is 0 Å². The lowest BCUT2D eigenvalue weighted by atomic mass is 9.94. The van der Waals surface area contributed by atoms with Crippen LogP contribution in [0.5, 0.6) is 0 Å². The van der Waals surface area contributed by atoms with Crippen LogP contribution in [0.1, 0.15) is 39.5 Å².